The molecule has 0 spiro atoms. The van der Waals surface area contributed by atoms with Crippen LogP contribution in [0, 0.1) is 0 Å². The zero-order valence-corrected chi connectivity index (χ0v) is 12.3. The van der Waals surface area contributed by atoms with Gasteiger partial charge in [-0.15, -0.1) is 0 Å². The van der Waals surface area contributed by atoms with Crippen molar-refractivity contribution >= 4 is 23.1 Å². The number of anilines is 3. The van der Waals surface area contributed by atoms with E-state index in [1.807, 2.05) is 55.4 Å². The molecule has 3 N–H and O–H groups in total. The van der Waals surface area contributed by atoms with Crippen molar-refractivity contribution in [1.29, 1.82) is 0 Å². The number of amides is 1. The minimum atomic E-state index is -0.0251. The van der Waals surface area contributed by atoms with E-state index in [4.69, 9.17) is 5.73 Å². The van der Waals surface area contributed by atoms with E-state index in [0.717, 1.165) is 22.8 Å². The topological polar surface area (TPSA) is 71.2 Å². The van der Waals surface area contributed by atoms with Crippen molar-refractivity contribution in [2.45, 2.75) is 12.8 Å². The third-order valence-corrected chi connectivity index (χ3v) is 3.10. The highest BCUT2D eigenvalue weighted by atomic mass is 16.1. The van der Waals surface area contributed by atoms with Gasteiger partial charge in [0.25, 0.3) is 0 Å². The molecule has 0 bridgehead atoms. The molecule has 0 unspecified atom stereocenters. The molecule has 0 atom stereocenters. The fourth-order valence-corrected chi connectivity index (χ4v) is 2.01. The molecule has 1 aromatic carbocycles. The van der Waals surface area contributed by atoms with Gasteiger partial charge in [0.1, 0.15) is 0 Å². The number of aromatic nitrogens is 1. The Balaban J connectivity index is 1.94. The van der Waals surface area contributed by atoms with Crippen molar-refractivity contribution < 1.29 is 4.79 Å². The summed E-state index contributed by atoms with van der Waals surface area (Å²) in [6, 6.07) is 11.2. The Morgan fingerprint density at radius 1 is 1.24 bits per heavy atom. The normalized spacial score (nSPS) is 10.2. The van der Waals surface area contributed by atoms with Gasteiger partial charge in [-0.3, -0.25) is 4.79 Å². The summed E-state index contributed by atoms with van der Waals surface area (Å²) in [5.74, 6) is 0.723. The number of hydrogen-bond acceptors (Lipinski definition) is 4. The number of carbonyl (C=O) groups excluding carboxylic acids is 1. The molecule has 1 aromatic heterocycles. The van der Waals surface area contributed by atoms with Crippen molar-refractivity contribution in [3.8, 4) is 0 Å². The Morgan fingerprint density at radius 3 is 2.62 bits per heavy atom. The van der Waals surface area contributed by atoms with Crippen LogP contribution in [0.1, 0.15) is 12.0 Å². The zero-order chi connectivity index (χ0) is 15.2. The molecule has 1 amide bonds. The molecule has 0 saturated heterocycles. The van der Waals surface area contributed by atoms with Crippen LogP contribution in [0.5, 0.6) is 0 Å². The van der Waals surface area contributed by atoms with E-state index in [-0.39, 0.29) is 5.91 Å². The van der Waals surface area contributed by atoms with Crippen LogP contribution in [0.2, 0.25) is 0 Å². The summed E-state index contributed by atoms with van der Waals surface area (Å²) in [4.78, 5) is 18.2. The summed E-state index contributed by atoms with van der Waals surface area (Å²) in [5.41, 5.74) is 8.19. The fraction of sp³-hybridized carbons (Fsp3) is 0.250. The first-order chi connectivity index (χ1) is 10.1. The van der Waals surface area contributed by atoms with Gasteiger partial charge in [0, 0.05) is 32.4 Å². The highest BCUT2D eigenvalue weighted by Gasteiger charge is 2.09. The molecule has 0 aliphatic carbocycles. The van der Waals surface area contributed by atoms with E-state index >= 15 is 0 Å². The second-order valence-corrected chi connectivity index (χ2v) is 5.06. The molecule has 0 saturated carbocycles. The summed E-state index contributed by atoms with van der Waals surface area (Å²) in [6.07, 6.45) is 2.81. The molecule has 0 fully saturated rings. The van der Waals surface area contributed by atoms with E-state index in [1.165, 1.54) is 0 Å². The van der Waals surface area contributed by atoms with Crippen LogP contribution in [-0.2, 0) is 11.2 Å². The molecule has 5 nitrogen and oxygen atoms in total. The van der Waals surface area contributed by atoms with E-state index in [1.54, 1.807) is 6.20 Å². The Kier molecular flexibility index (Phi) is 4.77. The van der Waals surface area contributed by atoms with Gasteiger partial charge in [-0.1, -0.05) is 12.1 Å². The van der Waals surface area contributed by atoms with Crippen LogP contribution in [0.3, 0.4) is 0 Å². The Bertz CT molecular complexity index is 608. The minimum absolute atomic E-state index is 0.0251. The minimum Gasteiger partial charge on any atom is -0.399 e. The van der Waals surface area contributed by atoms with Gasteiger partial charge >= 0.3 is 0 Å². The van der Waals surface area contributed by atoms with Gasteiger partial charge in [-0.05, 0) is 36.2 Å². The number of nitrogens with two attached hydrogens (primary N) is 1. The molecule has 0 aliphatic rings. The van der Waals surface area contributed by atoms with Crippen molar-refractivity contribution in [2.24, 2.45) is 0 Å². The summed E-state index contributed by atoms with van der Waals surface area (Å²) in [5, 5.41) is 2.91. The number of carbonyl (C=O) groups is 1. The smallest absolute Gasteiger partial charge is 0.224 e. The number of aryl methyl sites for hydroxylation is 1. The van der Waals surface area contributed by atoms with E-state index in [9.17, 15) is 4.79 Å². The largest absolute Gasteiger partial charge is 0.399 e. The number of nitrogen functional groups attached to an aromatic ring is 1. The van der Waals surface area contributed by atoms with E-state index in [2.05, 4.69) is 10.3 Å². The summed E-state index contributed by atoms with van der Waals surface area (Å²) < 4.78 is 0. The maximum Gasteiger partial charge on any atom is 0.224 e. The highest BCUT2D eigenvalue weighted by molar-refractivity contribution is 5.93. The van der Waals surface area contributed by atoms with E-state index in [0.29, 0.717) is 12.8 Å². The van der Waals surface area contributed by atoms with Crippen LogP contribution < -0.4 is 16.0 Å². The van der Waals surface area contributed by atoms with Crippen molar-refractivity contribution in [3.63, 3.8) is 0 Å². The molecular weight excluding hydrogens is 264 g/mol. The zero-order valence-electron chi connectivity index (χ0n) is 12.3. The molecule has 5 heteroatoms. The number of hydrogen-bond donors (Lipinski definition) is 2. The molecule has 2 rings (SSSR count). The Morgan fingerprint density at radius 2 is 1.95 bits per heavy atom. The van der Waals surface area contributed by atoms with Crippen LogP contribution in [0.25, 0.3) is 0 Å². The van der Waals surface area contributed by atoms with Gasteiger partial charge in [-0.25, -0.2) is 4.98 Å². The molecule has 110 valence electrons. The van der Waals surface area contributed by atoms with Gasteiger partial charge in [-0.2, -0.15) is 0 Å². The molecule has 0 aliphatic heterocycles. The van der Waals surface area contributed by atoms with Gasteiger partial charge in [0.15, 0.2) is 5.82 Å². The quantitative estimate of drug-likeness (QED) is 0.826. The first-order valence-electron chi connectivity index (χ1n) is 6.83. The van der Waals surface area contributed by atoms with Crippen LogP contribution >= 0.6 is 0 Å². The maximum absolute atomic E-state index is 12.0. The molecule has 21 heavy (non-hydrogen) atoms. The Hall–Kier alpha value is -2.56. The monoisotopic (exact) mass is 284 g/mol. The number of benzene rings is 1. The van der Waals surface area contributed by atoms with Crippen molar-refractivity contribution in [2.75, 3.05) is 30.0 Å². The van der Waals surface area contributed by atoms with Gasteiger partial charge in [0.05, 0.1) is 5.69 Å². The van der Waals surface area contributed by atoms with E-state index < -0.39 is 0 Å². The predicted molar refractivity (Wildman–Crippen MR) is 86.4 cm³/mol. The second-order valence-electron chi connectivity index (χ2n) is 5.06. The first-order valence-corrected chi connectivity index (χ1v) is 6.83. The lowest BCUT2D eigenvalue weighted by Gasteiger charge is -2.16. The number of nitrogens with one attached hydrogen (secondary N) is 1. The van der Waals surface area contributed by atoms with Crippen molar-refractivity contribution in [1.82, 2.24) is 4.98 Å². The number of rotatable bonds is 5. The SMILES string of the molecule is CN(C)c1ncccc1NC(=O)CCc1ccc(N)cc1. The van der Waals surface area contributed by atoms with Crippen LogP contribution in [0.15, 0.2) is 42.6 Å². The molecule has 1 heterocycles. The third kappa shape index (κ3) is 4.21. The molecule has 0 radical (unpaired) electrons. The maximum atomic E-state index is 12.0. The molecular formula is C16H20N4O. The average Bonchev–Trinajstić information content (AvgIpc) is 2.47. The number of pyridine rings is 1. The lowest BCUT2D eigenvalue weighted by Crippen LogP contribution is -2.17. The van der Waals surface area contributed by atoms with Crippen molar-refractivity contribution in [3.05, 3.63) is 48.2 Å². The second kappa shape index (κ2) is 6.74. The summed E-state index contributed by atoms with van der Waals surface area (Å²) >= 11 is 0. The first kappa shape index (κ1) is 14.8. The highest BCUT2D eigenvalue weighted by Crippen LogP contribution is 2.20. The van der Waals surface area contributed by atoms with Gasteiger partial charge in [0.2, 0.25) is 5.91 Å². The van der Waals surface area contributed by atoms with Crippen LogP contribution in [-0.4, -0.2) is 25.0 Å². The predicted octanol–water partition coefficient (Wildman–Crippen LogP) is 2.30. The van der Waals surface area contributed by atoms with Gasteiger partial charge < -0.3 is 16.0 Å². The van der Waals surface area contributed by atoms with Crippen LogP contribution in [0.4, 0.5) is 17.2 Å². The third-order valence-electron chi connectivity index (χ3n) is 3.10. The summed E-state index contributed by atoms with van der Waals surface area (Å²) in [6.45, 7) is 0. The summed E-state index contributed by atoms with van der Waals surface area (Å²) in [7, 11) is 3.79. The lowest BCUT2D eigenvalue weighted by atomic mass is 10.1. The lowest BCUT2D eigenvalue weighted by molar-refractivity contribution is -0.116. The Labute approximate surface area is 124 Å². The average molecular weight is 284 g/mol. The molecule has 2 aromatic rings. The standard InChI is InChI=1S/C16H20N4O/c1-20(2)16-14(4-3-11-18-16)19-15(21)10-7-12-5-8-13(17)9-6-12/h3-6,8-9,11H,7,10,17H2,1-2H3,(H,19,21). The fourth-order valence-electron chi connectivity index (χ4n) is 2.01. The number of nitrogens with zero attached hydrogens (tertiary/aromatic N) is 2.